The first-order chi connectivity index (χ1) is 12.5. The zero-order valence-electron chi connectivity index (χ0n) is 15.5. The molecule has 0 aromatic carbocycles. The van der Waals surface area contributed by atoms with Crippen molar-refractivity contribution >= 4 is 17.5 Å². The quantitative estimate of drug-likeness (QED) is 0.542. The molecule has 1 fully saturated rings. The average Bonchev–Trinajstić information content (AvgIpc) is 2.96. The van der Waals surface area contributed by atoms with Gasteiger partial charge in [-0.1, -0.05) is 12.5 Å². The molecule has 0 saturated heterocycles. The van der Waals surface area contributed by atoms with Crippen LogP contribution in [-0.2, 0) is 22.7 Å². The number of carbonyl (C=O) groups excluding carboxylic acids is 3. The van der Waals surface area contributed by atoms with Crippen molar-refractivity contribution in [2.45, 2.75) is 39.3 Å². The van der Waals surface area contributed by atoms with Gasteiger partial charge in [-0.05, 0) is 19.9 Å². The van der Waals surface area contributed by atoms with E-state index in [2.05, 4.69) is 4.98 Å². The van der Waals surface area contributed by atoms with Crippen LogP contribution in [0, 0.1) is 5.92 Å². The van der Waals surface area contributed by atoms with Crippen LogP contribution in [0.5, 0.6) is 0 Å². The molecule has 26 heavy (non-hydrogen) atoms. The molecular formula is C19H26N4O3. The van der Waals surface area contributed by atoms with Gasteiger partial charge < -0.3 is 9.47 Å². The van der Waals surface area contributed by atoms with Crippen molar-refractivity contribution in [2.75, 3.05) is 26.7 Å². The van der Waals surface area contributed by atoms with E-state index >= 15 is 0 Å². The fraction of sp³-hybridized carbons (Fsp3) is 0.579. The highest BCUT2D eigenvalue weighted by molar-refractivity contribution is 5.92. The molecule has 1 aliphatic heterocycles. The first-order valence-electron chi connectivity index (χ1n) is 9.17. The zero-order valence-corrected chi connectivity index (χ0v) is 15.5. The molecule has 1 aromatic rings. The summed E-state index contributed by atoms with van der Waals surface area (Å²) in [5.74, 6) is 1.22. The Morgan fingerprint density at radius 2 is 2.08 bits per heavy atom. The van der Waals surface area contributed by atoms with Crippen LogP contribution in [-0.4, -0.2) is 63.5 Å². The summed E-state index contributed by atoms with van der Waals surface area (Å²) in [6, 6.07) is 0. The fourth-order valence-electron chi connectivity index (χ4n) is 3.36. The summed E-state index contributed by atoms with van der Waals surface area (Å²) in [4.78, 5) is 43.8. The minimum atomic E-state index is -0.0673. The molecule has 0 N–H and O–H groups in total. The van der Waals surface area contributed by atoms with Crippen molar-refractivity contribution in [1.82, 2.24) is 19.4 Å². The topological polar surface area (TPSA) is 75.5 Å². The Morgan fingerprint density at radius 3 is 2.73 bits per heavy atom. The molecule has 140 valence electrons. The van der Waals surface area contributed by atoms with Crippen LogP contribution in [0.3, 0.4) is 0 Å². The van der Waals surface area contributed by atoms with Crippen molar-refractivity contribution in [3.8, 4) is 0 Å². The molecule has 1 aromatic heterocycles. The van der Waals surface area contributed by atoms with Gasteiger partial charge in [0, 0.05) is 38.6 Å². The monoisotopic (exact) mass is 358 g/mol. The SMILES string of the molecule is CC(=O)c1cnc2n1CCN(C(=O)/C=C/CN(C)CC(=O)C1CCC1)C2. The number of nitrogens with zero attached hydrogens (tertiary/aromatic N) is 4. The number of imidazole rings is 1. The predicted molar refractivity (Wildman–Crippen MR) is 96.6 cm³/mol. The molecule has 3 rings (SSSR count). The molecule has 0 atom stereocenters. The van der Waals surface area contributed by atoms with Gasteiger partial charge in [0.2, 0.25) is 5.91 Å². The van der Waals surface area contributed by atoms with Crippen LogP contribution in [0.4, 0.5) is 0 Å². The van der Waals surface area contributed by atoms with Gasteiger partial charge in [-0.15, -0.1) is 0 Å². The maximum Gasteiger partial charge on any atom is 0.246 e. The normalized spacial score (nSPS) is 17.4. The van der Waals surface area contributed by atoms with Crippen molar-refractivity contribution < 1.29 is 14.4 Å². The van der Waals surface area contributed by atoms with Gasteiger partial charge in [0.25, 0.3) is 0 Å². The molecule has 1 saturated carbocycles. The van der Waals surface area contributed by atoms with Gasteiger partial charge in [-0.25, -0.2) is 4.98 Å². The molecule has 7 nitrogen and oxygen atoms in total. The maximum atomic E-state index is 12.4. The van der Waals surface area contributed by atoms with Gasteiger partial charge in [-0.3, -0.25) is 19.3 Å². The highest BCUT2D eigenvalue weighted by Gasteiger charge is 2.25. The minimum absolute atomic E-state index is 0.0112. The smallest absolute Gasteiger partial charge is 0.246 e. The van der Waals surface area contributed by atoms with Crippen molar-refractivity contribution in [3.05, 3.63) is 29.9 Å². The number of likely N-dealkylation sites (N-methyl/N-ethyl adjacent to an activating group) is 1. The third-order valence-electron chi connectivity index (χ3n) is 5.20. The zero-order chi connectivity index (χ0) is 18.7. The second-order valence-electron chi connectivity index (χ2n) is 7.22. The van der Waals surface area contributed by atoms with Crippen molar-refractivity contribution in [1.29, 1.82) is 0 Å². The van der Waals surface area contributed by atoms with Gasteiger partial charge in [-0.2, -0.15) is 0 Å². The van der Waals surface area contributed by atoms with Crippen LogP contribution in [0.15, 0.2) is 18.3 Å². The number of carbonyl (C=O) groups is 3. The van der Waals surface area contributed by atoms with Crippen LogP contribution in [0.25, 0.3) is 0 Å². The second kappa shape index (κ2) is 7.95. The largest absolute Gasteiger partial charge is 0.330 e. The summed E-state index contributed by atoms with van der Waals surface area (Å²) in [6.45, 7) is 4.09. The Bertz CT molecular complexity index is 733. The average molecular weight is 358 g/mol. The van der Waals surface area contributed by atoms with Gasteiger partial charge >= 0.3 is 0 Å². The Kier molecular flexibility index (Phi) is 5.66. The van der Waals surface area contributed by atoms with E-state index in [1.807, 2.05) is 16.5 Å². The Balaban J connectivity index is 1.48. The predicted octanol–water partition coefficient (Wildman–Crippen LogP) is 1.29. The van der Waals surface area contributed by atoms with Crippen LogP contribution in [0.1, 0.15) is 42.5 Å². The molecule has 0 spiro atoms. The Morgan fingerprint density at radius 1 is 1.31 bits per heavy atom. The van der Waals surface area contributed by atoms with Gasteiger partial charge in [0.05, 0.1) is 19.3 Å². The number of Topliss-reactive ketones (excluding diaryl/α,β-unsaturated/α-hetero) is 2. The van der Waals surface area contributed by atoms with E-state index in [0.717, 1.165) is 25.1 Å². The Labute approximate surface area is 153 Å². The lowest BCUT2D eigenvalue weighted by Crippen LogP contribution is -2.38. The number of hydrogen-bond acceptors (Lipinski definition) is 5. The third kappa shape index (κ3) is 4.09. The maximum absolute atomic E-state index is 12.4. The number of fused-ring (bicyclic) bond motifs is 1. The van der Waals surface area contributed by atoms with Crippen molar-refractivity contribution in [2.24, 2.45) is 5.92 Å². The molecule has 2 heterocycles. The summed E-state index contributed by atoms with van der Waals surface area (Å²) in [6.07, 6.45) is 8.16. The first kappa shape index (κ1) is 18.5. The van der Waals surface area contributed by atoms with Crippen molar-refractivity contribution in [3.63, 3.8) is 0 Å². The summed E-state index contributed by atoms with van der Waals surface area (Å²) in [7, 11) is 1.90. The number of rotatable bonds is 7. The lowest BCUT2D eigenvalue weighted by molar-refractivity contribution is -0.127. The van der Waals surface area contributed by atoms with Gasteiger partial charge in [0.15, 0.2) is 5.78 Å². The van der Waals surface area contributed by atoms with Crippen LogP contribution >= 0.6 is 0 Å². The summed E-state index contributed by atoms with van der Waals surface area (Å²) in [5, 5.41) is 0. The summed E-state index contributed by atoms with van der Waals surface area (Å²) < 4.78 is 1.88. The van der Waals surface area contributed by atoms with E-state index in [1.165, 1.54) is 6.92 Å². The minimum Gasteiger partial charge on any atom is -0.330 e. The molecule has 0 unspecified atom stereocenters. The first-order valence-corrected chi connectivity index (χ1v) is 9.17. The van der Waals surface area contributed by atoms with E-state index in [9.17, 15) is 14.4 Å². The molecule has 1 aliphatic carbocycles. The molecular weight excluding hydrogens is 332 g/mol. The third-order valence-corrected chi connectivity index (χ3v) is 5.20. The van der Waals surface area contributed by atoms with E-state index in [4.69, 9.17) is 0 Å². The second-order valence-corrected chi connectivity index (χ2v) is 7.22. The van der Waals surface area contributed by atoms with E-state index in [1.54, 1.807) is 23.2 Å². The molecule has 7 heteroatoms. The summed E-state index contributed by atoms with van der Waals surface area (Å²) >= 11 is 0. The van der Waals surface area contributed by atoms with Crippen LogP contribution < -0.4 is 0 Å². The number of amides is 1. The van der Waals surface area contributed by atoms with E-state index < -0.39 is 0 Å². The van der Waals surface area contributed by atoms with E-state index in [0.29, 0.717) is 44.2 Å². The number of ketones is 2. The molecule has 1 amide bonds. The summed E-state index contributed by atoms with van der Waals surface area (Å²) in [5.41, 5.74) is 0.598. The highest BCUT2D eigenvalue weighted by Crippen LogP contribution is 2.27. The van der Waals surface area contributed by atoms with Crippen LogP contribution in [0.2, 0.25) is 0 Å². The lowest BCUT2D eigenvalue weighted by Gasteiger charge is -2.27. The highest BCUT2D eigenvalue weighted by atomic mass is 16.2. The number of hydrogen-bond donors (Lipinski definition) is 0. The van der Waals surface area contributed by atoms with Gasteiger partial charge in [0.1, 0.15) is 17.3 Å². The fourth-order valence-corrected chi connectivity index (χ4v) is 3.36. The number of aromatic nitrogens is 2. The molecule has 2 aliphatic rings. The lowest BCUT2D eigenvalue weighted by atomic mass is 9.82. The standard InChI is InChI=1S/C19H26N4O3/c1-14(24)16-11-20-18-13-22(9-10-23(16)18)19(26)7-4-8-21(2)12-17(25)15-5-3-6-15/h4,7,11,15H,3,5-6,8-10,12-13H2,1-2H3/b7-4+. The van der Waals surface area contributed by atoms with E-state index in [-0.39, 0.29) is 17.6 Å². The molecule has 0 bridgehead atoms. The molecule has 0 radical (unpaired) electrons. The Hall–Kier alpha value is -2.28.